The van der Waals surface area contributed by atoms with Gasteiger partial charge in [0.1, 0.15) is 0 Å². The van der Waals surface area contributed by atoms with Crippen molar-refractivity contribution in [2.45, 2.75) is 23.0 Å². The molecule has 0 aromatic heterocycles. The van der Waals surface area contributed by atoms with Gasteiger partial charge in [0.15, 0.2) is 9.84 Å². The molecule has 3 rings (SSSR count). The summed E-state index contributed by atoms with van der Waals surface area (Å²) in [6.45, 7) is 0. The molecule has 0 radical (unpaired) electrons. The topological polar surface area (TPSA) is 34.1 Å². The Bertz CT molecular complexity index is 714. The summed E-state index contributed by atoms with van der Waals surface area (Å²) in [5, 5.41) is 2.73. The predicted octanol–water partition coefficient (Wildman–Crippen LogP) is 3.81. The van der Waals surface area contributed by atoms with E-state index >= 15 is 0 Å². The van der Waals surface area contributed by atoms with E-state index in [0.29, 0.717) is 10.1 Å². The number of hydrogen-bond donors (Lipinski definition) is 0. The fourth-order valence-electron chi connectivity index (χ4n) is 2.51. The van der Waals surface area contributed by atoms with Gasteiger partial charge < -0.3 is 0 Å². The molecule has 0 spiro atoms. The standard InChI is InChI=1S/C15H16O2S2/c1-19(16,17)14-7-6-11-9-13(5-4-12(11)10-14)15-3-2-8-18-15/h4-7,9-10,15H,2-3,8H2,1H3. The Morgan fingerprint density at radius 1 is 1.11 bits per heavy atom. The zero-order valence-corrected chi connectivity index (χ0v) is 12.4. The van der Waals surface area contributed by atoms with Crippen LogP contribution in [-0.4, -0.2) is 20.4 Å². The second-order valence-electron chi connectivity index (χ2n) is 5.04. The first-order chi connectivity index (χ1) is 9.04. The molecule has 0 N–H and O–H groups in total. The number of benzene rings is 2. The molecule has 0 aliphatic carbocycles. The van der Waals surface area contributed by atoms with Crippen LogP contribution in [0.1, 0.15) is 23.7 Å². The van der Waals surface area contributed by atoms with Crippen LogP contribution in [0.3, 0.4) is 0 Å². The molecule has 2 aromatic carbocycles. The highest BCUT2D eigenvalue weighted by molar-refractivity contribution is 7.99. The number of fused-ring (bicyclic) bond motifs is 1. The van der Waals surface area contributed by atoms with Crippen LogP contribution in [0.15, 0.2) is 41.3 Å². The SMILES string of the molecule is CS(=O)(=O)c1ccc2cc(C3CCCS3)ccc2c1. The molecule has 1 atom stereocenters. The van der Waals surface area contributed by atoms with Crippen LogP contribution < -0.4 is 0 Å². The fourth-order valence-corrected chi connectivity index (χ4v) is 4.46. The van der Waals surface area contributed by atoms with Crippen molar-refractivity contribution in [3.8, 4) is 0 Å². The number of sulfone groups is 1. The summed E-state index contributed by atoms with van der Waals surface area (Å²) in [5.41, 5.74) is 1.36. The Labute approximate surface area is 118 Å². The van der Waals surface area contributed by atoms with Crippen molar-refractivity contribution in [2.24, 2.45) is 0 Å². The van der Waals surface area contributed by atoms with E-state index in [4.69, 9.17) is 0 Å². The molecule has 0 bridgehead atoms. The average molecular weight is 292 g/mol. The Morgan fingerprint density at radius 3 is 2.53 bits per heavy atom. The summed E-state index contributed by atoms with van der Waals surface area (Å²) in [7, 11) is -3.12. The van der Waals surface area contributed by atoms with Crippen molar-refractivity contribution in [3.63, 3.8) is 0 Å². The molecule has 4 heteroatoms. The lowest BCUT2D eigenvalue weighted by Crippen LogP contribution is -1.96. The average Bonchev–Trinajstić information content (AvgIpc) is 2.90. The number of hydrogen-bond acceptors (Lipinski definition) is 3. The molecule has 2 aromatic rings. The normalized spacial score (nSPS) is 19.9. The third kappa shape index (κ3) is 2.65. The van der Waals surface area contributed by atoms with Crippen molar-refractivity contribution in [2.75, 3.05) is 12.0 Å². The van der Waals surface area contributed by atoms with E-state index in [1.165, 1.54) is 30.4 Å². The lowest BCUT2D eigenvalue weighted by Gasteiger charge is -2.10. The van der Waals surface area contributed by atoms with Crippen LogP contribution in [0.4, 0.5) is 0 Å². The van der Waals surface area contributed by atoms with Crippen molar-refractivity contribution in [1.29, 1.82) is 0 Å². The largest absolute Gasteiger partial charge is 0.224 e. The second kappa shape index (κ2) is 4.84. The first-order valence-electron chi connectivity index (χ1n) is 6.39. The van der Waals surface area contributed by atoms with Crippen molar-refractivity contribution in [3.05, 3.63) is 42.0 Å². The van der Waals surface area contributed by atoms with Gasteiger partial charge in [-0.3, -0.25) is 0 Å². The molecule has 0 amide bonds. The predicted molar refractivity (Wildman–Crippen MR) is 81.5 cm³/mol. The number of rotatable bonds is 2. The summed E-state index contributed by atoms with van der Waals surface area (Å²) in [6.07, 6.45) is 3.79. The third-order valence-electron chi connectivity index (χ3n) is 3.57. The third-order valence-corrected chi connectivity index (χ3v) is 6.11. The van der Waals surface area contributed by atoms with Gasteiger partial charge in [-0.2, -0.15) is 11.8 Å². The van der Waals surface area contributed by atoms with Gasteiger partial charge >= 0.3 is 0 Å². The van der Waals surface area contributed by atoms with Gasteiger partial charge in [0.25, 0.3) is 0 Å². The first-order valence-corrected chi connectivity index (χ1v) is 9.33. The Morgan fingerprint density at radius 2 is 1.84 bits per heavy atom. The molecular weight excluding hydrogens is 276 g/mol. The highest BCUT2D eigenvalue weighted by Crippen LogP contribution is 2.40. The Hall–Kier alpha value is -1.00. The lowest BCUT2D eigenvalue weighted by molar-refractivity contribution is 0.602. The van der Waals surface area contributed by atoms with Crippen LogP contribution >= 0.6 is 11.8 Å². The quantitative estimate of drug-likeness (QED) is 0.844. The van der Waals surface area contributed by atoms with Gasteiger partial charge in [0, 0.05) is 11.5 Å². The van der Waals surface area contributed by atoms with E-state index in [0.717, 1.165) is 10.8 Å². The zero-order chi connectivity index (χ0) is 13.5. The van der Waals surface area contributed by atoms with Crippen molar-refractivity contribution < 1.29 is 8.42 Å². The maximum absolute atomic E-state index is 11.5. The highest BCUT2D eigenvalue weighted by Gasteiger charge is 2.17. The molecule has 0 saturated carbocycles. The van der Waals surface area contributed by atoms with Crippen molar-refractivity contribution in [1.82, 2.24) is 0 Å². The molecule has 1 saturated heterocycles. The van der Waals surface area contributed by atoms with E-state index in [1.807, 2.05) is 23.9 Å². The summed E-state index contributed by atoms with van der Waals surface area (Å²) < 4.78 is 23.1. The van der Waals surface area contributed by atoms with E-state index < -0.39 is 9.84 Å². The highest BCUT2D eigenvalue weighted by atomic mass is 32.2. The monoisotopic (exact) mass is 292 g/mol. The minimum absolute atomic E-state index is 0.392. The van der Waals surface area contributed by atoms with Gasteiger partial charge in [0.2, 0.25) is 0 Å². The molecule has 1 aliphatic heterocycles. The maximum Gasteiger partial charge on any atom is 0.175 e. The molecule has 1 fully saturated rings. The first kappa shape index (κ1) is 13.0. The van der Waals surface area contributed by atoms with E-state index in [2.05, 4.69) is 12.1 Å². The van der Waals surface area contributed by atoms with Gasteiger partial charge in [-0.15, -0.1) is 0 Å². The van der Waals surface area contributed by atoms with Crippen LogP contribution in [0, 0.1) is 0 Å². The summed E-state index contributed by atoms with van der Waals surface area (Å²) in [4.78, 5) is 0.392. The minimum Gasteiger partial charge on any atom is -0.224 e. The fraction of sp³-hybridized carbons (Fsp3) is 0.333. The molecular formula is C15H16O2S2. The van der Waals surface area contributed by atoms with E-state index in [-0.39, 0.29) is 0 Å². The molecule has 100 valence electrons. The summed E-state index contributed by atoms with van der Waals surface area (Å²) in [5.74, 6) is 1.25. The van der Waals surface area contributed by atoms with Gasteiger partial charge in [-0.1, -0.05) is 24.3 Å². The molecule has 1 unspecified atom stereocenters. The smallest absolute Gasteiger partial charge is 0.175 e. The molecule has 19 heavy (non-hydrogen) atoms. The zero-order valence-electron chi connectivity index (χ0n) is 10.8. The van der Waals surface area contributed by atoms with Gasteiger partial charge in [0.05, 0.1) is 4.90 Å². The number of thioether (sulfide) groups is 1. The van der Waals surface area contributed by atoms with Crippen LogP contribution in [0.5, 0.6) is 0 Å². The van der Waals surface area contributed by atoms with Crippen LogP contribution in [0.2, 0.25) is 0 Å². The van der Waals surface area contributed by atoms with Crippen LogP contribution in [-0.2, 0) is 9.84 Å². The minimum atomic E-state index is -3.12. The summed E-state index contributed by atoms with van der Waals surface area (Å²) in [6, 6.07) is 11.7. The molecule has 1 heterocycles. The summed E-state index contributed by atoms with van der Waals surface area (Å²) >= 11 is 2.02. The van der Waals surface area contributed by atoms with Crippen molar-refractivity contribution >= 4 is 32.4 Å². The van der Waals surface area contributed by atoms with E-state index in [1.54, 1.807) is 12.1 Å². The Kier molecular flexibility index (Phi) is 3.31. The van der Waals surface area contributed by atoms with Gasteiger partial charge in [-0.05, 0) is 47.1 Å². The second-order valence-corrected chi connectivity index (χ2v) is 8.37. The van der Waals surface area contributed by atoms with Gasteiger partial charge in [-0.25, -0.2) is 8.42 Å². The molecule has 1 aliphatic rings. The maximum atomic E-state index is 11.5. The van der Waals surface area contributed by atoms with E-state index in [9.17, 15) is 8.42 Å². The lowest BCUT2D eigenvalue weighted by atomic mass is 10.0. The van der Waals surface area contributed by atoms with Crippen LogP contribution in [0.25, 0.3) is 10.8 Å². The molecule has 2 nitrogen and oxygen atoms in total. The Balaban J connectivity index is 2.05.